The van der Waals surface area contributed by atoms with Gasteiger partial charge in [-0.3, -0.25) is 0 Å². The molecule has 0 aliphatic heterocycles. The lowest BCUT2D eigenvalue weighted by Crippen LogP contribution is -2.25. The highest BCUT2D eigenvalue weighted by Crippen LogP contribution is 2.39. The van der Waals surface area contributed by atoms with E-state index in [1.54, 1.807) is 12.1 Å². The maximum atomic E-state index is 14.6. The van der Waals surface area contributed by atoms with Crippen LogP contribution in [0.25, 0.3) is 11.1 Å². The molecule has 3 aromatic rings. The molecule has 0 atom stereocenters. The van der Waals surface area contributed by atoms with Crippen LogP contribution < -0.4 is 4.74 Å². The third-order valence-electron chi connectivity index (χ3n) is 5.61. The molecule has 0 unspecified atom stereocenters. The Labute approximate surface area is 185 Å². The van der Waals surface area contributed by atoms with Crippen molar-refractivity contribution >= 4 is 11.6 Å². The van der Waals surface area contributed by atoms with Crippen LogP contribution in [0.15, 0.2) is 48.5 Å². The molecule has 0 radical (unpaired) electrons. The van der Waals surface area contributed by atoms with Crippen molar-refractivity contribution in [2.45, 2.75) is 37.7 Å². The van der Waals surface area contributed by atoms with Gasteiger partial charge in [-0.05, 0) is 47.6 Å². The molecule has 3 aromatic carbocycles. The molecule has 0 heterocycles. The quantitative estimate of drug-likeness (QED) is 0.269. The van der Waals surface area contributed by atoms with E-state index >= 15 is 0 Å². The SMILES string of the molecule is Fc1cc(OC(F)(F)c2c(F)cc(-c3ccc(C4CCCC4)cc3)cc2F)cc(F)c1Cl. The van der Waals surface area contributed by atoms with Gasteiger partial charge in [0.25, 0.3) is 0 Å². The van der Waals surface area contributed by atoms with Crippen LogP contribution in [0, 0.1) is 23.3 Å². The second-order valence-corrected chi connectivity index (χ2v) is 8.12. The summed E-state index contributed by atoms with van der Waals surface area (Å²) in [6.07, 6.45) is -0.0287. The van der Waals surface area contributed by atoms with Gasteiger partial charge in [0, 0.05) is 12.1 Å². The first-order valence-corrected chi connectivity index (χ1v) is 10.3. The Balaban J connectivity index is 1.62. The molecule has 32 heavy (non-hydrogen) atoms. The van der Waals surface area contributed by atoms with E-state index in [4.69, 9.17) is 11.6 Å². The van der Waals surface area contributed by atoms with Crippen molar-refractivity contribution in [3.63, 3.8) is 0 Å². The number of benzene rings is 3. The van der Waals surface area contributed by atoms with Crippen LogP contribution >= 0.6 is 11.6 Å². The van der Waals surface area contributed by atoms with Crippen LogP contribution in [0.4, 0.5) is 26.3 Å². The topological polar surface area (TPSA) is 9.23 Å². The van der Waals surface area contributed by atoms with Gasteiger partial charge in [-0.2, -0.15) is 8.78 Å². The molecule has 1 saturated carbocycles. The van der Waals surface area contributed by atoms with Crippen molar-refractivity contribution in [2.24, 2.45) is 0 Å². The molecule has 0 aromatic heterocycles. The summed E-state index contributed by atoms with van der Waals surface area (Å²) in [4.78, 5) is 0. The first-order chi connectivity index (χ1) is 15.2. The largest absolute Gasteiger partial charge is 0.432 e. The zero-order valence-electron chi connectivity index (χ0n) is 16.6. The van der Waals surface area contributed by atoms with E-state index in [0.717, 1.165) is 43.4 Å². The predicted molar refractivity (Wildman–Crippen MR) is 109 cm³/mol. The van der Waals surface area contributed by atoms with Crippen molar-refractivity contribution in [3.8, 4) is 16.9 Å². The van der Waals surface area contributed by atoms with Gasteiger partial charge in [-0.15, -0.1) is 0 Å². The highest BCUT2D eigenvalue weighted by atomic mass is 35.5. The van der Waals surface area contributed by atoms with E-state index in [2.05, 4.69) is 4.74 Å². The fraction of sp³-hybridized carbons (Fsp3) is 0.250. The van der Waals surface area contributed by atoms with Crippen LogP contribution in [0.2, 0.25) is 5.02 Å². The Hall–Kier alpha value is -2.67. The molecular weight excluding hydrogens is 454 g/mol. The molecule has 0 bridgehead atoms. The van der Waals surface area contributed by atoms with Gasteiger partial charge in [-0.1, -0.05) is 48.7 Å². The molecule has 0 amide bonds. The third-order valence-corrected chi connectivity index (χ3v) is 5.97. The molecule has 0 spiro atoms. The number of alkyl halides is 2. The van der Waals surface area contributed by atoms with Crippen LogP contribution in [0.1, 0.15) is 42.7 Å². The van der Waals surface area contributed by atoms with Crippen LogP contribution in [-0.2, 0) is 6.11 Å². The normalized spacial score (nSPS) is 14.7. The Kier molecular flexibility index (Phi) is 6.12. The molecule has 0 N–H and O–H groups in total. The van der Waals surface area contributed by atoms with Gasteiger partial charge >= 0.3 is 6.11 Å². The highest BCUT2D eigenvalue weighted by Gasteiger charge is 2.41. The van der Waals surface area contributed by atoms with E-state index in [-0.39, 0.29) is 5.56 Å². The fourth-order valence-corrected chi connectivity index (χ4v) is 4.12. The summed E-state index contributed by atoms with van der Waals surface area (Å²) in [6, 6.07) is 9.45. The summed E-state index contributed by atoms with van der Waals surface area (Å²) >= 11 is 5.30. The van der Waals surface area contributed by atoms with Gasteiger partial charge in [0.05, 0.1) is 0 Å². The molecular formula is C24H17ClF6O. The summed E-state index contributed by atoms with van der Waals surface area (Å²) < 4.78 is 89.4. The lowest BCUT2D eigenvalue weighted by Gasteiger charge is -2.20. The molecule has 1 nitrogen and oxygen atoms in total. The second-order valence-electron chi connectivity index (χ2n) is 7.74. The Morgan fingerprint density at radius 1 is 0.750 bits per heavy atom. The minimum absolute atomic E-state index is 0.0705. The number of rotatable bonds is 5. The van der Waals surface area contributed by atoms with Crippen molar-refractivity contribution in [3.05, 3.63) is 87.9 Å². The molecule has 1 fully saturated rings. The van der Waals surface area contributed by atoms with Crippen LogP contribution in [0.5, 0.6) is 5.75 Å². The lowest BCUT2D eigenvalue weighted by molar-refractivity contribution is -0.189. The zero-order chi connectivity index (χ0) is 23.0. The minimum atomic E-state index is -4.54. The standard InChI is InChI=1S/C24H17ClF6O/c25-23-20(28)11-17(12-21(23)29)32-24(30,31)22-18(26)9-16(10-19(22)27)15-7-5-14(6-8-15)13-3-1-2-4-13/h5-13H,1-4H2. The van der Waals surface area contributed by atoms with Gasteiger partial charge in [0.15, 0.2) is 0 Å². The molecule has 0 saturated heterocycles. The maximum Gasteiger partial charge on any atom is 0.432 e. The fourth-order valence-electron chi connectivity index (χ4n) is 4.01. The van der Waals surface area contributed by atoms with E-state index in [0.29, 0.717) is 23.6 Å². The second kappa shape index (κ2) is 8.70. The summed E-state index contributed by atoms with van der Waals surface area (Å²) in [7, 11) is 0. The molecule has 1 aliphatic carbocycles. The number of hydrogen-bond acceptors (Lipinski definition) is 1. The van der Waals surface area contributed by atoms with Crippen LogP contribution in [-0.4, -0.2) is 0 Å². The minimum Gasteiger partial charge on any atom is -0.429 e. The van der Waals surface area contributed by atoms with Crippen molar-refractivity contribution in [1.82, 2.24) is 0 Å². The van der Waals surface area contributed by atoms with Crippen molar-refractivity contribution < 1.29 is 31.1 Å². The molecule has 168 valence electrons. The van der Waals surface area contributed by atoms with Crippen molar-refractivity contribution in [2.75, 3.05) is 0 Å². The Bertz CT molecular complexity index is 1090. The number of ether oxygens (including phenoxy) is 1. The number of hydrogen-bond donors (Lipinski definition) is 0. The maximum absolute atomic E-state index is 14.6. The Morgan fingerprint density at radius 3 is 1.81 bits per heavy atom. The first kappa shape index (κ1) is 22.5. The van der Waals surface area contributed by atoms with Crippen LogP contribution in [0.3, 0.4) is 0 Å². The summed E-state index contributed by atoms with van der Waals surface area (Å²) in [6.45, 7) is 0. The van der Waals surface area contributed by atoms with E-state index in [9.17, 15) is 26.3 Å². The van der Waals surface area contributed by atoms with Gasteiger partial charge in [0.2, 0.25) is 0 Å². The summed E-state index contributed by atoms with van der Waals surface area (Å²) in [5, 5.41) is -0.915. The van der Waals surface area contributed by atoms with Crippen molar-refractivity contribution in [1.29, 1.82) is 0 Å². The zero-order valence-corrected chi connectivity index (χ0v) is 17.3. The smallest absolute Gasteiger partial charge is 0.429 e. The average molecular weight is 471 g/mol. The van der Waals surface area contributed by atoms with Gasteiger partial charge in [-0.25, -0.2) is 17.6 Å². The molecule has 1 aliphatic rings. The number of halogens is 7. The third kappa shape index (κ3) is 4.44. The Morgan fingerprint density at radius 2 is 1.28 bits per heavy atom. The first-order valence-electron chi connectivity index (χ1n) is 9.97. The average Bonchev–Trinajstić information content (AvgIpc) is 3.26. The lowest BCUT2D eigenvalue weighted by atomic mass is 9.94. The molecule has 8 heteroatoms. The van der Waals surface area contributed by atoms with Gasteiger partial charge in [0.1, 0.15) is 39.6 Å². The van der Waals surface area contributed by atoms with E-state index in [1.807, 2.05) is 12.1 Å². The van der Waals surface area contributed by atoms with E-state index < -0.39 is 45.7 Å². The molecule has 4 rings (SSSR count). The van der Waals surface area contributed by atoms with Gasteiger partial charge < -0.3 is 4.74 Å². The summed E-state index contributed by atoms with van der Waals surface area (Å²) in [5.74, 6) is -6.33. The predicted octanol–water partition coefficient (Wildman–Crippen LogP) is 8.35. The highest BCUT2D eigenvalue weighted by molar-refractivity contribution is 6.30. The monoisotopic (exact) mass is 470 g/mol. The summed E-state index contributed by atoms with van der Waals surface area (Å²) in [5.41, 5.74) is -0.00551. The van der Waals surface area contributed by atoms with E-state index in [1.165, 1.54) is 0 Å².